The molecule has 0 unspecified atom stereocenters. The Morgan fingerprint density at radius 3 is 2.44 bits per heavy atom. The van der Waals surface area contributed by atoms with E-state index in [2.05, 4.69) is 10.0 Å². The highest BCUT2D eigenvalue weighted by atomic mass is 32.2. The van der Waals surface area contributed by atoms with Gasteiger partial charge in [-0.3, -0.25) is 10.1 Å². The Labute approximate surface area is 158 Å². The summed E-state index contributed by atoms with van der Waals surface area (Å²) in [6.07, 6.45) is 0. The topological polar surface area (TPSA) is 111 Å². The highest BCUT2D eigenvalue weighted by molar-refractivity contribution is 7.89. The van der Waals surface area contributed by atoms with Crippen LogP contribution in [0.2, 0.25) is 0 Å². The average molecular weight is 393 g/mol. The molecule has 0 aliphatic carbocycles. The molecule has 0 amide bonds. The molecule has 1 atom stereocenters. The number of nitrogens with zero attached hydrogens (tertiary/aromatic N) is 1. The molecule has 0 bridgehead atoms. The summed E-state index contributed by atoms with van der Waals surface area (Å²) < 4.78 is 32.1. The molecule has 0 spiro atoms. The minimum Gasteiger partial charge on any atom is -0.383 e. The number of hydrogen-bond acceptors (Lipinski definition) is 6. The first-order chi connectivity index (χ1) is 12.7. The van der Waals surface area contributed by atoms with E-state index in [1.54, 1.807) is 6.92 Å². The molecule has 0 heterocycles. The lowest BCUT2D eigenvalue weighted by atomic mass is 10.1. The van der Waals surface area contributed by atoms with Crippen LogP contribution in [0.5, 0.6) is 0 Å². The largest absolute Gasteiger partial charge is 0.383 e. The molecule has 2 rings (SSSR count). The first-order valence-corrected chi connectivity index (χ1v) is 9.80. The third kappa shape index (κ3) is 5.75. The molecular weight excluding hydrogens is 370 g/mol. The monoisotopic (exact) mass is 393 g/mol. The van der Waals surface area contributed by atoms with Crippen LogP contribution in [0.1, 0.15) is 18.1 Å². The molecule has 0 fully saturated rings. The van der Waals surface area contributed by atoms with Gasteiger partial charge in [0.15, 0.2) is 0 Å². The van der Waals surface area contributed by atoms with Gasteiger partial charge in [-0.15, -0.1) is 0 Å². The number of methoxy groups -OCH3 is 1. The van der Waals surface area contributed by atoms with Crippen molar-refractivity contribution in [3.63, 3.8) is 0 Å². The second-order valence-corrected chi connectivity index (χ2v) is 7.97. The second-order valence-electron chi connectivity index (χ2n) is 6.25. The number of sulfonamides is 1. The third-order valence-electron chi connectivity index (χ3n) is 3.85. The zero-order chi connectivity index (χ0) is 20.0. The maximum atomic E-state index is 12.4. The molecule has 146 valence electrons. The standard InChI is InChI=1S/C18H23N3O5S/c1-13-4-6-15(7-5-13)11-19-17-9-8-16(10-18(17)21(22)23)27(24,25)20-14(2)12-26-3/h4-10,14,19-20H,11-12H2,1-3H3/t14-/m0/s1. The lowest BCUT2D eigenvalue weighted by Crippen LogP contribution is -2.35. The SMILES string of the molecule is COC[C@H](C)NS(=O)(=O)c1ccc(NCc2ccc(C)cc2)c([N+](=O)[O-])c1. The Bertz CT molecular complexity index is 898. The summed E-state index contributed by atoms with van der Waals surface area (Å²) in [6, 6.07) is 11.1. The number of anilines is 1. The van der Waals surface area contributed by atoms with Crippen molar-refractivity contribution in [3.05, 3.63) is 63.7 Å². The van der Waals surface area contributed by atoms with Crippen molar-refractivity contribution >= 4 is 21.4 Å². The van der Waals surface area contributed by atoms with Crippen molar-refractivity contribution < 1.29 is 18.1 Å². The van der Waals surface area contributed by atoms with Crippen LogP contribution in [-0.2, 0) is 21.3 Å². The van der Waals surface area contributed by atoms with E-state index in [0.29, 0.717) is 6.54 Å². The Balaban J connectivity index is 2.23. The van der Waals surface area contributed by atoms with E-state index < -0.39 is 21.0 Å². The summed E-state index contributed by atoms with van der Waals surface area (Å²) in [5.41, 5.74) is 2.03. The zero-order valence-corrected chi connectivity index (χ0v) is 16.2. The van der Waals surface area contributed by atoms with Crippen molar-refractivity contribution in [2.75, 3.05) is 19.0 Å². The molecule has 0 aromatic heterocycles. The van der Waals surface area contributed by atoms with E-state index in [0.717, 1.165) is 17.2 Å². The fourth-order valence-electron chi connectivity index (χ4n) is 2.50. The molecule has 2 aromatic carbocycles. The number of ether oxygens (including phenoxy) is 1. The summed E-state index contributed by atoms with van der Waals surface area (Å²) in [5, 5.41) is 14.4. The van der Waals surface area contributed by atoms with Gasteiger partial charge in [0.1, 0.15) is 5.69 Å². The Hall–Kier alpha value is -2.49. The van der Waals surface area contributed by atoms with Gasteiger partial charge in [-0.2, -0.15) is 0 Å². The number of nitro benzene ring substituents is 1. The van der Waals surface area contributed by atoms with Gasteiger partial charge in [-0.05, 0) is 31.5 Å². The van der Waals surface area contributed by atoms with Crippen LogP contribution in [0.25, 0.3) is 0 Å². The van der Waals surface area contributed by atoms with E-state index in [4.69, 9.17) is 4.74 Å². The van der Waals surface area contributed by atoms with Gasteiger partial charge >= 0.3 is 0 Å². The van der Waals surface area contributed by atoms with E-state index in [9.17, 15) is 18.5 Å². The third-order valence-corrected chi connectivity index (χ3v) is 5.44. The first-order valence-electron chi connectivity index (χ1n) is 8.32. The Morgan fingerprint density at radius 2 is 1.85 bits per heavy atom. The highest BCUT2D eigenvalue weighted by Gasteiger charge is 2.22. The number of hydrogen-bond donors (Lipinski definition) is 2. The summed E-state index contributed by atoms with van der Waals surface area (Å²) >= 11 is 0. The fourth-order valence-corrected chi connectivity index (χ4v) is 3.75. The molecule has 0 aliphatic heterocycles. The Kier molecular flexibility index (Phi) is 6.89. The van der Waals surface area contributed by atoms with Crippen LogP contribution in [-0.4, -0.2) is 33.1 Å². The van der Waals surface area contributed by atoms with Gasteiger partial charge in [-0.25, -0.2) is 13.1 Å². The predicted octanol–water partition coefficient (Wildman–Crippen LogP) is 2.83. The van der Waals surface area contributed by atoms with Crippen molar-refractivity contribution in [2.24, 2.45) is 0 Å². The van der Waals surface area contributed by atoms with E-state index in [1.807, 2.05) is 31.2 Å². The predicted molar refractivity (Wildman–Crippen MR) is 103 cm³/mol. The number of nitro groups is 1. The lowest BCUT2D eigenvalue weighted by Gasteiger charge is -2.14. The summed E-state index contributed by atoms with van der Waals surface area (Å²) in [5.74, 6) is 0. The maximum Gasteiger partial charge on any atom is 0.293 e. The molecule has 0 radical (unpaired) electrons. The van der Waals surface area contributed by atoms with Crippen molar-refractivity contribution in [1.29, 1.82) is 0 Å². The van der Waals surface area contributed by atoms with Gasteiger partial charge in [0.25, 0.3) is 5.69 Å². The highest BCUT2D eigenvalue weighted by Crippen LogP contribution is 2.28. The maximum absolute atomic E-state index is 12.4. The van der Waals surface area contributed by atoms with E-state index in [-0.39, 0.29) is 22.9 Å². The smallest absolute Gasteiger partial charge is 0.293 e. The van der Waals surface area contributed by atoms with Gasteiger partial charge < -0.3 is 10.1 Å². The van der Waals surface area contributed by atoms with Crippen LogP contribution in [0.4, 0.5) is 11.4 Å². The minimum absolute atomic E-state index is 0.168. The quantitative estimate of drug-likeness (QED) is 0.501. The summed E-state index contributed by atoms with van der Waals surface area (Å²) in [7, 11) is -2.43. The van der Waals surface area contributed by atoms with Crippen molar-refractivity contribution in [2.45, 2.75) is 31.3 Å². The van der Waals surface area contributed by atoms with Crippen LogP contribution in [0.3, 0.4) is 0 Å². The molecule has 8 nitrogen and oxygen atoms in total. The van der Waals surface area contributed by atoms with Gasteiger partial charge in [0.05, 0.1) is 16.4 Å². The molecule has 0 aliphatic rings. The number of rotatable bonds is 9. The molecule has 2 aromatic rings. The van der Waals surface area contributed by atoms with Gasteiger partial charge in [0, 0.05) is 25.8 Å². The fraction of sp³-hybridized carbons (Fsp3) is 0.333. The van der Waals surface area contributed by atoms with Gasteiger partial charge in [0.2, 0.25) is 10.0 Å². The van der Waals surface area contributed by atoms with Crippen molar-refractivity contribution in [1.82, 2.24) is 4.72 Å². The molecule has 2 N–H and O–H groups in total. The van der Waals surface area contributed by atoms with E-state index in [1.165, 1.54) is 19.2 Å². The molecule has 27 heavy (non-hydrogen) atoms. The minimum atomic E-state index is -3.89. The zero-order valence-electron chi connectivity index (χ0n) is 15.4. The normalized spacial score (nSPS) is 12.6. The average Bonchev–Trinajstić information content (AvgIpc) is 2.60. The summed E-state index contributed by atoms with van der Waals surface area (Å²) in [4.78, 5) is 10.6. The second kappa shape index (κ2) is 8.94. The molecule has 0 saturated heterocycles. The lowest BCUT2D eigenvalue weighted by molar-refractivity contribution is -0.384. The molecule has 0 saturated carbocycles. The number of nitrogens with one attached hydrogen (secondary N) is 2. The Morgan fingerprint density at radius 1 is 1.19 bits per heavy atom. The number of benzene rings is 2. The van der Waals surface area contributed by atoms with Crippen LogP contribution in [0, 0.1) is 17.0 Å². The molecule has 9 heteroatoms. The van der Waals surface area contributed by atoms with Crippen LogP contribution >= 0.6 is 0 Å². The first kappa shape index (κ1) is 20.8. The van der Waals surface area contributed by atoms with Gasteiger partial charge in [-0.1, -0.05) is 29.8 Å². The van der Waals surface area contributed by atoms with Crippen molar-refractivity contribution in [3.8, 4) is 0 Å². The number of aryl methyl sites for hydroxylation is 1. The van der Waals surface area contributed by atoms with Crippen LogP contribution < -0.4 is 10.0 Å². The summed E-state index contributed by atoms with van der Waals surface area (Å²) in [6.45, 7) is 4.20. The van der Waals surface area contributed by atoms with E-state index >= 15 is 0 Å². The molecular formula is C18H23N3O5S. The van der Waals surface area contributed by atoms with Crippen LogP contribution in [0.15, 0.2) is 47.4 Å².